The maximum absolute atomic E-state index is 13.5. The second-order valence-corrected chi connectivity index (χ2v) is 6.34. The summed E-state index contributed by atoms with van der Waals surface area (Å²) in [6.45, 7) is 1.73. The van der Waals surface area contributed by atoms with E-state index in [4.69, 9.17) is 0 Å². The molecule has 3 aliphatic carbocycles. The summed E-state index contributed by atoms with van der Waals surface area (Å²) >= 11 is 0. The predicted octanol–water partition coefficient (Wildman–Crippen LogP) is 3.61. The van der Waals surface area contributed by atoms with Gasteiger partial charge in [-0.1, -0.05) is 12.1 Å². The van der Waals surface area contributed by atoms with E-state index in [1.54, 1.807) is 19.1 Å². The van der Waals surface area contributed by atoms with Crippen LogP contribution in [0, 0.1) is 42.3 Å². The summed E-state index contributed by atoms with van der Waals surface area (Å²) in [5.74, 6) is 3.03. The van der Waals surface area contributed by atoms with Crippen molar-refractivity contribution in [3.8, 4) is 0 Å². The van der Waals surface area contributed by atoms with Gasteiger partial charge in [0.05, 0.1) is 0 Å². The van der Waals surface area contributed by atoms with E-state index in [9.17, 15) is 9.18 Å². The largest absolute Gasteiger partial charge is 0.294 e. The molecule has 0 radical (unpaired) electrons. The van der Waals surface area contributed by atoms with Crippen LogP contribution in [0.5, 0.6) is 0 Å². The Balaban J connectivity index is 1.60. The molecule has 3 saturated carbocycles. The molecule has 1 aromatic carbocycles. The molecule has 2 heteroatoms. The van der Waals surface area contributed by atoms with Crippen molar-refractivity contribution in [1.29, 1.82) is 0 Å². The minimum Gasteiger partial charge on any atom is -0.294 e. The summed E-state index contributed by atoms with van der Waals surface area (Å²) in [5, 5.41) is 0. The molecule has 0 amide bonds. The Bertz CT molecular complexity index is 520. The molecule has 1 aromatic rings. The first-order chi connectivity index (χ1) is 8.66. The Labute approximate surface area is 106 Å². The van der Waals surface area contributed by atoms with Gasteiger partial charge in [-0.25, -0.2) is 4.39 Å². The third kappa shape index (κ3) is 1.29. The van der Waals surface area contributed by atoms with Crippen molar-refractivity contribution >= 4 is 5.78 Å². The second kappa shape index (κ2) is 3.43. The number of ketones is 1. The van der Waals surface area contributed by atoms with Crippen LogP contribution in [-0.2, 0) is 0 Å². The lowest BCUT2D eigenvalue weighted by Crippen LogP contribution is -2.10. The molecule has 0 spiro atoms. The van der Waals surface area contributed by atoms with Gasteiger partial charge in [0, 0.05) is 11.5 Å². The molecule has 3 aliphatic rings. The zero-order valence-corrected chi connectivity index (χ0v) is 10.5. The molecule has 0 aliphatic heterocycles. The van der Waals surface area contributed by atoms with Gasteiger partial charge in [0.25, 0.3) is 0 Å². The smallest absolute Gasteiger partial charge is 0.166 e. The Morgan fingerprint density at radius 1 is 1.22 bits per heavy atom. The third-order valence-corrected chi connectivity index (χ3v) is 5.49. The fraction of sp³-hybridized carbons (Fsp3) is 0.562. The molecule has 0 heterocycles. The van der Waals surface area contributed by atoms with Crippen molar-refractivity contribution in [2.75, 3.05) is 0 Å². The average Bonchev–Trinajstić information content (AvgIpc) is 2.80. The Morgan fingerprint density at radius 2 is 1.89 bits per heavy atom. The van der Waals surface area contributed by atoms with Crippen molar-refractivity contribution in [3.63, 3.8) is 0 Å². The van der Waals surface area contributed by atoms with Crippen LogP contribution in [0.2, 0.25) is 0 Å². The molecule has 4 unspecified atom stereocenters. The van der Waals surface area contributed by atoms with E-state index in [1.807, 2.05) is 0 Å². The van der Waals surface area contributed by atoms with Crippen LogP contribution in [0.4, 0.5) is 4.39 Å². The number of hydrogen-bond donors (Lipinski definition) is 0. The summed E-state index contributed by atoms with van der Waals surface area (Å²) in [5.41, 5.74) is 1.19. The van der Waals surface area contributed by atoms with Crippen LogP contribution in [-0.4, -0.2) is 5.78 Å². The van der Waals surface area contributed by atoms with Crippen molar-refractivity contribution < 1.29 is 9.18 Å². The second-order valence-electron chi connectivity index (χ2n) is 6.34. The average molecular weight is 244 g/mol. The van der Waals surface area contributed by atoms with Gasteiger partial charge in [-0.15, -0.1) is 0 Å². The van der Waals surface area contributed by atoms with Crippen LogP contribution < -0.4 is 0 Å². The molecule has 1 nitrogen and oxygen atoms in total. The number of aryl methyl sites for hydroxylation is 1. The van der Waals surface area contributed by atoms with Crippen molar-refractivity contribution in [1.82, 2.24) is 0 Å². The zero-order valence-electron chi connectivity index (χ0n) is 10.5. The first-order valence-electron chi connectivity index (χ1n) is 6.97. The number of Topliss-reactive ketones (excluding diaryl/α,β-unsaturated/α-hetero) is 1. The Morgan fingerprint density at radius 3 is 2.50 bits per heavy atom. The highest BCUT2D eigenvalue weighted by Gasteiger charge is 2.67. The number of benzene rings is 1. The molecule has 0 aromatic heterocycles. The van der Waals surface area contributed by atoms with Crippen LogP contribution >= 0.6 is 0 Å². The number of halogens is 1. The maximum atomic E-state index is 13.5. The SMILES string of the molecule is Cc1ccc(C(=O)C2C3C4CCC(C4)C23)cc1F. The molecule has 2 bridgehead atoms. The van der Waals surface area contributed by atoms with Crippen molar-refractivity contribution in [3.05, 3.63) is 35.1 Å². The molecule has 0 N–H and O–H groups in total. The lowest BCUT2D eigenvalue weighted by Gasteiger charge is -2.08. The Kier molecular flexibility index (Phi) is 2.04. The summed E-state index contributed by atoms with van der Waals surface area (Å²) in [7, 11) is 0. The van der Waals surface area contributed by atoms with Crippen molar-refractivity contribution in [2.45, 2.75) is 26.2 Å². The van der Waals surface area contributed by atoms with E-state index >= 15 is 0 Å². The predicted molar refractivity (Wildman–Crippen MR) is 66.8 cm³/mol. The van der Waals surface area contributed by atoms with Crippen molar-refractivity contribution in [2.24, 2.45) is 29.6 Å². The molecular formula is C16H17FO. The molecule has 3 fully saturated rings. The first kappa shape index (κ1) is 10.7. The van der Waals surface area contributed by atoms with Gasteiger partial charge in [-0.3, -0.25) is 4.79 Å². The summed E-state index contributed by atoms with van der Waals surface area (Å²) in [6, 6.07) is 4.93. The van der Waals surface area contributed by atoms with E-state index in [1.165, 1.54) is 25.3 Å². The number of rotatable bonds is 2. The van der Waals surface area contributed by atoms with Gasteiger partial charge in [0.1, 0.15) is 5.82 Å². The number of carbonyl (C=O) groups excluding carboxylic acids is 1. The van der Waals surface area contributed by atoms with Crippen LogP contribution in [0.15, 0.2) is 18.2 Å². The van der Waals surface area contributed by atoms with Gasteiger partial charge >= 0.3 is 0 Å². The molecule has 94 valence electrons. The minimum absolute atomic E-state index is 0.195. The van der Waals surface area contributed by atoms with Gasteiger partial charge < -0.3 is 0 Å². The third-order valence-electron chi connectivity index (χ3n) is 5.49. The van der Waals surface area contributed by atoms with E-state index < -0.39 is 0 Å². The van der Waals surface area contributed by atoms with Crippen LogP contribution in [0.1, 0.15) is 35.2 Å². The van der Waals surface area contributed by atoms with Gasteiger partial charge in [0.2, 0.25) is 0 Å². The van der Waals surface area contributed by atoms with E-state index in [2.05, 4.69) is 0 Å². The molecule has 4 rings (SSSR count). The number of fused-ring (bicyclic) bond motifs is 5. The fourth-order valence-corrected chi connectivity index (χ4v) is 4.61. The quantitative estimate of drug-likeness (QED) is 0.726. The van der Waals surface area contributed by atoms with Gasteiger partial charge in [0.15, 0.2) is 5.78 Å². The number of hydrogen-bond acceptors (Lipinski definition) is 1. The highest BCUT2D eigenvalue weighted by Crippen LogP contribution is 2.69. The van der Waals surface area contributed by atoms with E-state index in [0.29, 0.717) is 23.0 Å². The van der Waals surface area contributed by atoms with E-state index in [0.717, 1.165) is 11.8 Å². The van der Waals surface area contributed by atoms with E-state index in [-0.39, 0.29) is 17.5 Å². The maximum Gasteiger partial charge on any atom is 0.166 e. The standard InChI is InChI=1S/C16H17FO/c1-8-2-3-11(7-12(8)17)16(18)15-13-9-4-5-10(6-9)14(13)15/h2-3,7,9-10,13-15H,4-6H2,1H3. The first-order valence-corrected chi connectivity index (χ1v) is 6.97. The lowest BCUT2D eigenvalue weighted by atomic mass is 9.96. The topological polar surface area (TPSA) is 17.1 Å². The minimum atomic E-state index is -0.255. The van der Waals surface area contributed by atoms with Crippen LogP contribution in [0.3, 0.4) is 0 Å². The van der Waals surface area contributed by atoms with Gasteiger partial charge in [-0.2, -0.15) is 0 Å². The number of carbonyl (C=O) groups is 1. The Hall–Kier alpha value is -1.18. The summed E-state index contributed by atoms with van der Waals surface area (Å²) in [4.78, 5) is 12.4. The lowest BCUT2D eigenvalue weighted by molar-refractivity contribution is 0.0944. The summed E-state index contributed by atoms with van der Waals surface area (Å²) in [6.07, 6.45) is 3.98. The fourth-order valence-electron chi connectivity index (χ4n) is 4.61. The monoisotopic (exact) mass is 244 g/mol. The molecule has 18 heavy (non-hydrogen) atoms. The van der Waals surface area contributed by atoms with Gasteiger partial charge in [-0.05, 0) is 61.5 Å². The molecule has 0 saturated heterocycles. The summed E-state index contributed by atoms with van der Waals surface area (Å²) < 4.78 is 13.5. The molecular weight excluding hydrogens is 227 g/mol. The highest BCUT2D eigenvalue weighted by atomic mass is 19.1. The normalized spacial score (nSPS) is 39.8. The zero-order chi connectivity index (χ0) is 12.4. The molecule has 4 atom stereocenters. The highest BCUT2D eigenvalue weighted by molar-refractivity contribution is 6.00. The van der Waals surface area contributed by atoms with Crippen LogP contribution in [0.25, 0.3) is 0 Å².